The number of fused-ring (bicyclic) bond motifs is 2. The molecule has 1 aromatic carbocycles. The van der Waals surface area contributed by atoms with Gasteiger partial charge >= 0.3 is 0 Å². The Balaban J connectivity index is 0.00000300. The van der Waals surface area contributed by atoms with E-state index in [4.69, 9.17) is 0 Å². The van der Waals surface area contributed by atoms with Gasteiger partial charge in [-0.05, 0) is 45.2 Å². The minimum Gasteiger partial charge on any atom is -0.354 e. The zero-order chi connectivity index (χ0) is 20.1. The first kappa shape index (κ1) is 23.9. The molecule has 2 saturated heterocycles. The molecule has 0 aliphatic carbocycles. The van der Waals surface area contributed by atoms with Crippen LogP contribution < -0.4 is 10.6 Å². The quantitative estimate of drug-likeness (QED) is 0.361. The highest BCUT2D eigenvalue weighted by Crippen LogP contribution is 2.32. The smallest absolute Gasteiger partial charge is 0.243 e. The molecule has 6 nitrogen and oxygen atoms in total. The Kier molecular flexibility index (Phi) is 9.20. The number of amides is 1. The second kappa shape index (κ2) is 11.2. The van der Waals surface area contributed by atoms with Crippen molar-refractivity contribution in [2.24, 2.45) is 4.99 Å². The predicted molar refractivity (Wildman–Crippen MR) is 130 cm³/mol. The molecule has 1 aromatic rings. The molecule has 2 aliphatic rings. The largest absolute Gasteiger partial charge is 0.354 e. The normalized spacial score (nSPS) is 25.5. The number of likely N-dealkylation sites (N-methyl/N-ethyl adjacent to an activating group) is 1. The summed E-state index contributed by atoms with van der Waals surface area (Å²) < 4.78 is 0. The van der Waals surface area contributed by atoms with Crippen LogP contribution in [0.1, 0.15) is 50.6 Å². The van der Waals surface area contributed by atoms with Gasteiger partial charge < -0.3 is 20.4 Å². The van der Waals surface area contributed by atoms with Crippen LogP contribution >= 0.6 is 24.0 Å². The minimum atomic E-state index is 0. The molecule has 0 saturated carbocycles. The van der Waals surface area contributed by atoms with Crippen LogP contribution in [0.3, 0.4) is 0 Å². The SMILES string of the molecule is CC(NC(=NCC(=O)N(C)C)NC1CC2CCCC(C1)N2C)c1ccccc1.I. The number of carbonyl (C=O) groups excluding carboxylic acids is 1. The highest BCUT2D eigenvalue weighted by atomic mass is 127. The van der Waals surface area contributed by atoms with E-state index in [9.17, 15) is 4.79 Å². The molecule has 162 valence electrons. The van der Waals surface area contributed by atoms with Gasteiger partial charge in [0.05, 0.1) is 6.04 Å². The number of hydrogen-bond donors (Lipinski definition) is 2. The molecule has 3 atom stereocenters. The third kappa shape index (κ3) is 6.57. The Labute approximate surface area is 192 Å². The fourth-order valence-corrected chi connectivity index (χ4v) is 4.38. The van der Waals surface area contributed by atoms with Gasteiger partial charge in [0.1, 0.15) is 6.54 Å². The van der Waals surface area contributed by atoms with Crippen LogP contribution in [-0.4, -0.2) is 67.5 Å². The van der Waals surface area contributed by atoms with Gasteiger partial charge in [-0.3, -0.25) is 4.79 Å². The monoisotopic (exact) mass is 513 g/mol. The highest BCUT2D eigenvalue weighted by molar-refractivity contribution is 14.0. The van der Waals surface area contributed by atoms with Gasteiger partial charge in [0, 0.05) is 32.2 Å². The first-order chi connectivity index (χ1) is 13.4. The number of guanidine groups is 1. The summed E-state index contributed by atoms with van der Waals surface area (Å²) >= 11 is 0. The molecule has 7 heteroatoms. The second-order valence-corrected chi connectivity index (χ2v) is 8.45. The molecule has 3 unspecified atom stereocenters. The van der Waals surface area contributed by atoms with Crippen molar-refractivity contribution in [2.75, 3.05) is 27.7 Å². The van der Waals surface area contributed by atoms with Gasteiger partial charge in [0.2, 0.25) is 5.91 Å². The van der Waals surface area contributed by atoms with Crippen molar-refractivity contribution in [1.82, 2.24) is 20.4 Å². The van der Waals surface area contributed by atoms with Crippen LogP contribution in [0.25, 0.3) is 0 Å². The average Bonchev–Trinajstić information content (AvgIpc) is 2.67. The number of nitrogens with one attached hydrogen (secondary N) is 2. The lowest BCUT2D eigenvalue weighted by molar-refractivity contribution is -0.127. The summed E-state index contributed by atoms with van der Waals surface area (Å²) in [5.74, 6) is 0.743. The zero-order valence-corrected chi connectivity index (χ0v) is 20.4. The van der Waals surface area contributed by atoms with Crippen molar-refractivity contribution in [3.8, 4) is 0 Å². The lowest BCUT2D eigenvalue weighted by atomic mass is 9.82. The number of rotatable bonds is 5. The highest BCUT2D eigenvalue weighted by Gasteiger charge is 2.36. The lowest BCUT2D eigenvalue weighted by Gasteiger charge is -2.47. The number of carbonyl (C=O) groups is 1. The number of aliphatic imine (C=N–C) groups is 1. The molecular formula is C22H36IN5O. The van der Waals surface area contributed by atoms with Crippen LogP contribution in [0.2, 0.25) is 0 Å². The van der Waals surface area contributed by atoms with E-state index >= 15 is 0 Å². The molecular weight excluding hydrogens is 477 g/mol. The third-order valence-electron chi connectivity index (χ3n) is 6.20. The maximum atomic E-state index is 12.1. The van der Waals surface area contributed by atoms with Gasteiger partial charge in [0.25, 0.3) is 0 Å². The summed E-state index contributed by atoms with van der Waals surface area (Å²) in [4.78, 5) is 20.8. The maximum absolute atomic E-state index is 12.1. The molecule has 2 aliphatic heterocycles. The summed E-state index contributed by atoms with van der Waals surface area (Å²) in [6, 6.07) is 12.2. The lowest BCUT2D eigenvalue weighted by Crippen LogP contribution is -2.56. The summed E-state index contributed by atoms with van der Waals surface area (Å²) in [6.07, 6.45) is 6.17. The zero-order valence-electron chi connectivity index (χ0n) is 18.1. The van der Waals surface area contributed by atoms with Gasteiger partial charge in [-0.2, -0.15) is 0 Å². The van der Waals surface area contributed by atoms with E-state index in [0.717, 1.165) is 18.8 Å². The number of halogens is 1. The van der Waals surface area contributed by atoms with Crippen LogP contribution in [-0.2, 0) is 4.79 Å². The van der Waals surface area contributed by atoms with E-state index in [1.807, 2.05) is 18.2 Å². The predicted octanol–water partition coefficient (Wildman–Crippen LogP) is 3.00. The summed E-state index contributed by atoms with van der Waals surface area (Å²) in [5, 5.41) is 7.15. The molecule has 2 N–H and O–H groups in total. The Morgan fingerprint density at radius 2 is 1.83 bits per heavy atom. The molecule has 0 radical (unpaired) electrons. The van der Waals surface area contributed by atoms with E-state index in [0.29, 0.717) is 18.1 Å². The van der Waals surface area contributed by atoms with Gasteiger partial charge in [0.15, 0.2) is 5.96 Å². The molecule has 29 heavy (non-hydrogen) atoms. The standard InChI is InChI=1S/C22H35N5O.HI/c1-16(17-9-6-5-7-10-17)24-22(23-15-21(28)26(2)3)25-18-13-19-11-8-12-20(14-18)27(19)4;/h5-7,9-10,16,18-20H,8,11-15H2,1-4H3,(H2,23,24,25);1H. The number of nitrogens with zero attached hydrogens (tertiary/aromatic N) is 3. The van der Waals surface area contributed by atoms with E-state index in [1.165, 1.54) is 24.8 Å². The molecule has 0 spiro atoms. The van der Waals surface area contributed by atoms with Crippen molar-refractivity contribution < 1.29 is 4.79 Å². The minimum absolute atomic E-state index is 0. The van der Waals surface area contributed by atoms with Gasteiger partial charge in [-0.15, -0.1) is 24.0 Å². The first-order valence-electron chi connectivity index (χ1n) is 10.5. The summed E-state index contributed by atoms with van der Waals surface area (Å²) in [7, 11) is 5.80. The first-order valence-corrected chi connectivity index (χ1v) is 10.5. The van der Waals surface area contributed by atoms with E-state index < -0.39 is 0 Å². The van der Waals surface area contributed by atoms with Crippen molar-refractivity contribution in [1.29, 1.82) is 0 Å². The van der Waals surface area contributed by atoms with E-state index in [2.05, 4.69) is 46.6 Å². The van der Waals surface area contributed by atoms with Crippen molar-refractivity contribution in [3.05, 3.63) is 35.9 Å². The molecule has 0 aromatic heterocycles. The van der Waals surface area contributed by atoms with Crippen LogP contribution in [0.4, 0.5) is 0 Å². The Morgan fingerprint density at radius 3 is 2.41 bits per heavy atom. The topological polar surface area (TPSA) is 60.0 Å². The second-order valence-electron chi connectivity index (χ2n) is 8.45. The van der Waals surface area contributed by atoms with Crippen molar-refractivity contribution in [3.63, 3.8) is 0 Å². The molecule has 2 fully saturated rings. The molecule has 1 amide bonds. The fourth-order valence-electron chi connectivity index (χ4n) is 4.38. The maximum Gasteiger partial charge on any atom is 0.243 e. The Hall–Kier alpha value is -1.35. The fraction of sp³-hybridized carbons (Fsp3) is 0.636. The molecule has 2 bridgehead atoms. The van der Waals surface area contributed by atoms with Crippen molar-refractivity contribution >= 4 is 35.8 Å². The Bertz CT molecular complexity index is 667. The van der Waals surface area contributed by atoms with Gasteiger partial charge in [-0.25, -0.2) is 4.99 Å². The number of benzene rings is 1. The van der Waals surface area contributed by atoms with Crippen LogP contribution in [0.15, 0.2) is 35.3 Å². The molecule has 3 rings (SSSR count). The van der Waals surface area contributed by atoms with E-state index in [1.54, 1.807) is 19.0 Å². The summed E-state index contributed by atoms with van der Waals surface area (Å²) in [5.41, 5.74) is 1.20. The van der Waals surface area contributed by atoms with Gasteiger partial charge in [-0.1, -0.05) is 36.8 Å². The van der Waals surface area contributed by atoms with E-state index in [-0.39, 0.29) is 42.5 Å². The number of piperidine rings is 2. The van der Waals surface area contributed by atoms with Crippen LogP contribution in [0.5, 0.6) is 0 Å². The van der Waals surface area contributed by atoms with Crippen LogP contribution in [0, 0.1) is 0 Å². The Morgan fingerprint density at radius 1 is 1.21 bits per heavy atom. The summed E-state index contributed by atoms with van der Waals surface area (Å²) in [6.45, 7) is 2.28. The number of hydrogen-bond acceptors (Lipinski definition) is 3. The third-order valence-corrected chi connectivity index (χ3v) is 6.20. The molecule has 2 heterocycles. The average molecular weight is 513 g/mol. The van der Waals surface area contributed by atoms with Crippen molar-refractivity contribution in [2.45, 2.75) is 63.2 Å².